The molecule has 1 saturated heterocycles. The molecule has 5 heteroatoms. The lowest BCUT2D eigenvalue weighted by Gasteiger charge is -2.41. The summed E-state index contributed by atoms with van der Waals surface area (Å²) in [6.07, 6.45) is 5.96. The van der Waals surface area contributed by atoms with E-state index in [9.17, 15) is 0 Å². The Hall–Kier alpha value is -2.54. The molecule has 2 aliphatic rings. The van der Waals surface area contributed by atoms with Crippen molar-refractivity contribution in [2.24, 2.45) is 5.92 Å². The molecule has 3 aromatic carbocycles. The van der Waals surface area contributed by atoms with Crippen molar-refractivity contribution >= 4 is 0 Å². The second-order valence-corrected chi connectivity index (χ2v) is 10.8. The van der Waals surface area contributed by atoms with Crippen LogP contribution in [-0.2, 0) is 43.5 Å². The van der Waals surface area contributed by atoms with Gasteiger partial charge in [0.05, 0.1) is 39.1 Å². The first-order valence-electron chi connectivity index (χ1n) is 14.5. The lowest BCUT2D eigenvalue weighted by molar-refractivity contribution is -0.280. The van der Waals surface area contributed by atoms with Crippen LogP contribution in [0.4, 0.5) is 0 Å². The maximum absolute atomic E-state index is 6.55. The fraction of sp³-hybridized carbons (Fsp3) is 0.471. The van der Waals surface area contributed by atoms with Gasteiger partial charge in [-0.1, -0.05) is 110 Å². The van der Waals surface area contributed by atoms with E-state index in [0.29, 0.717) is 38.8 Å². The second kappa shape index (κ2) is 15.3. The zero-order valence-corrected chi connectivity index (χ0v) is 22.9. The normalized spacial score (nSPS) is 24.0. The van der Waals surface area contributed by atoms with Crippen molar-refractivity contribution in [1.82, 2.24) is 0 Å². The third-order valence-corrected chi connectivity index (χ3v) is 7.71. The third-order valence-electron chi connectivity index (χ3n) is 7.71. The number of hydrogen-bond acceptors (Lipinski definition) is 5. The van der Waals surface area contributed by atoms with Gasteiger partial charge in [0.1, 0.15) is 12.2 Å². The number of rotatable bonds is 13. The Morgan fingerprint density at radius 1 is 0.590 bits per heavy atom. The van der Waals surface area contributed by atoms with Crippen molar-refractivity contribution in [1.29, 1.82) is 0 Å². The average molecular weight is 531 g/mol. The van der Waals surface area contributed by atoms with Crippen molar-refractivity contribution < 1.29 is 23.7 Å². The van der Waals surface area contributed by atoms with Gasteiger partial charge in [-0.25, -0.2) is 0 Å². The van der Waals surface area contributed by atoms with Gasteiger partial charge in [-0.3, -0.25) is 0 Å². The minimum atomic E-state index is -0.338. The molecule has 0 radical (unpaired) electrons. The van der Waals surface area contributed by atoms with E-state index in [4.69, 9.17) is 23.7 Å². The minimum Gasteiger partial charge on any atom is -0.374 e. The highest BCUT2D eigenvalue weighted by Gasteiger charge is 2.41. The molecule has 0 aromatic heterocycles. The van der Waals surface area contributed by atoms with Crippen LogP contribution in [-0.4, -0.2) is 37.8 Å². The summed E-state index contributed by atoms with van der Waals surface area (Å²) < 4.78 is 32.2. The highest BCUT2D eigenvalue weighted by molar-refractivity contribution is 5.15. The predicted octanol–water partition coefficient (Wildman–Crippen LogP) is 7.09. The maximum Gasteiger partial charge on any atom is 0.160 e. The van der Waals surface area contributed by atoms with Crippen LogP contribution in [0.15, 0.2) is 91.0 Å². The Labute approximate surface area is 233 Å². The SMILES string of the molecule is c1ccc(COC[C@H]2O[C@H](OCC3CCCCC3)C[C@@H](OCc3ccccc3)[C@@H]2OCc2ccccc2)cc1. The Balaban J connectivity index is 1.28. The number of hydrogen-bond donors (Lipinski definition) is 0. The van der Waals surface area contributed by atoms with Gasteiger partial charge < -0.3 is 23.7 Å². The van der Waals surface area contributed by atoms with E-state index < -0.39 is 0 Å². The van der Waals surface area contributed by atoms with E-state index in [1.165, 1.54) is 32.1 Å². The maximum atomic E-state index is 6.55. The standard InChI is InChI=1S/C34H42O5/c1-5-13-27(14-6-1)22-35-26-32-34(38-25-30-19-11-4-12-20-30)31(36-23-28-15-7-2-8-16-28)21-33(39-32)37-24-29-17-9-3-10-18-29/h1-2,4-8,11-16,19-20,29,31-34H,3,9-10,17-18,21-26H2/t31-,32-,33+,34+/m1/s1. The van der Waals surface area contributed by atoms with Crippen LogP contribution in [0.3, 0.4) is 0 Å². The zero-order chi connectivity index (χ0) is 26.5. The van der Waals surface area contributed by atoms with Gasteiger partial charge in [0.2, 0.25) is 0 Å². The van der Waals surface area contributed by atoms with Gasteiger partial charge >= 0.3 is 0 Å². The average Bonchev–Trinajstić information content (AvgIpc) is 3.00. The second-order valence-electron chi connectivity index (χ2n) is 10.8. The van der Waals surface area contributed by atoms with Gasteiger partial charge in [0.25, 0.3) is 0 Å². The first-order valence-corrected chi connectivity index (χ1v) is 14.5. The van der Waals surface area contributed by atoms with Crippen molar-refractivity contribution in [2.45, 2.75) is 82.9 Å². The summed E-state index contributed by atoms with van der Waals surface area (Å²) in [5, 5.41) is 0. The van der Waals surface area contributed by atoms with Crippen LogP contribution < -0.4 is 0 Å². The molecule has 0 unspecified atom stereocenters. The van der Waals surface area contributed by atoms with Crippen LogP contribution in [0.1, 0.15) is 55.2 Å². The predicted molar refractivity (Wildman–Crippen MR) is 152 cm³/mol. The van der Waals surface area contributed by atoms with Gasteiger partial charge in [-0.15, -0.1) is 0 Å². The molecule has 2 fully saturated rings. The molecule has 208 valence electrons. The van der Waals surface area contributed by atoms with E-state index in [1.54, 1.807) is 0 Å². The van der Waals surface area contributed by atoms with Crippen LogP contribution in [0.25, 0.3) is 0 Å². The van der Waals surface area contributed by atoms with Crippen molar-refractivity contribution in [3.63, 3.8) is 0 Å². The molecular formula is C34H42O5. The fourth-order valence-electron chi connectivity index (χ4n) is 5.52. The molecule has 1 heterocycles. The van der Waals surface area contributed by atoms with E-state index in [2.05, 4.69) is 36.4 Å². The molecular weight excluding hydrogens is 488 g/mol. The van der Waals surface area contributed by atoms with Crippen molar-refractivity contribution in [3.05, 3.63) is 108 Å². The van der Waals surface area contributed by atoms with E-state index in [0.717, 1.165) is 23.3 Å². The van der Waals surface area contributed by atoms with Gasteiger partial charge in [0, 0.05) is 6.42 Å². The zero-order valence-electron chi connectivity index (χ0n) is 22.9. The van der Waals surface area contributed by atoms with Crippen LogP contribution in [0, 0.1) is 5.92 Å². The monoisotopic (exact) mass is 530 g/mol. The fourth-order valence-corrected chi connectivity index (χ4v) is 5.52. The van der Waals surface area contributed by atoms with E-state index >= 15 is 0 Å². The molecule has 5 nitrogen and oxygen atoms in total. The summed E-state index contributed by atoms with van der Waals surface area (Å²) in [5.41, 5.74) is 3.40. The lowest BCUT2D eigenvalue weighted by Crippen LogP contribution is -2.53. The van der Waals surface area contributed by atoms with Crippen molar-refractivity contribution in [3.8, 4) is 0 Å². The Morgan fingerprint density at radius 3 is 1.77 bits per heavy atom. The van der Waals surface area contributed by atoms with Gasteiger partial charge in [-0.05, 0) is 35.4 Å². The summed E-state index contributed by atoms with van der Waals surface area (Å²) >= 11 is 0. The molecule has 1 aliphatic carbocycles. The molecule has 39 heavy (non-hydrogen) atoms. The first kappa shape index (κ1) is 28.0. The lowest BCUT2D eigenvalue weighted by atomic mass is 9.90. The molecule has 0 spiro atoms. The van der Waals surface area contributed by atoms with Crippen LogP contribution in [0.2, 0.25) is 0 Å². The van der Waals surface area contributed by atoms with E-state index in [1.807, 2.05) is 54.6 Å². The summed E-state index contributed by atoms with van der Waals surface area (Å²) in [6.45, 7) is 2.67. The Bertz CT molecular complexity index is 1050. The summed E-state index contributed by atoms with van der Waals surface area (Å²) in [5.74, 6) is 0.617. The first-order chi connectivity index (χ1) is 19.3. The Morgan fingerprint density at radius 2 is 1.15 bits per heavy atom. The smallest absolute Gasteiger partial charge is 0.160 e. The highest BCUT2D eigenvalue weighted by Crippen LogP contribution is 2.30. The highest BCUT2D eigenvalue weighted by atomic mass is 16.7. The molecule has 0 N–H and O–H groups in total. The molecule has 1 aliphatic heterocycles. The van der Waals surface area contributed by atoms with Gasteiger partial charge in [-0.2, -0.15) is 0 Å². The van der Waals surface area contributed by atoms with Crippen molar-refractivity contribution in [2.75, 3.05) is 13.2 Å². The molecule has 5 rings (SSSR count). The molecule has 0 bridgehead atoms. The molecule has 1 saturated carbocycles. The summed E-state index contributed by atoms with van der Waals surface area (Å²) in [7, 11) is 0. The van der Waals surface area contributed by atoms with Gasteiger partial charge in [0.15, 0.2) is 6.29 Å². The molecule has 0 amide bonds. The largest absolute Gasteiger partial charge is 0.374 e. The Kier molecular flexibility index (Phi) is 11.0. The van der Waals surface area contributed by atoms with Crippen LogP contribution >= 0.6 is 0 Å². The summed E-state index contributed by atoms with van der Waals surface area (Å²) in [6, 6.07) is 30.8. The third kappa shape index (κ3) is 8.99. The van der Waals surface area contributed by atoms with E-state index in [-0.39, 0.29) is 24.6 Å². The minimum absolute atomic E-state index is 0.177. The molecule has 3 aromatic rings. The van der Waals surface area contributed by atoms with Crippen LogP contribution in [0.5, 0.6) is 0 Å². The summed E-state index contributed by atoms with van der Waals surface area (Å²) in [4.78, 5) is 0. The number of benzene rings is 3. The quantitative estimate of drug-likeness (QED) is 0.236. The topological polar surface area (TPSA) is 46.2 Å². The molecule has 4 atom stereocenters. The number of ether oxygens (including phenoxy) is 5.